The average molecular weight is 310 g/mol. The van der Waals surface area contributed by atoms with Gasteiger partial charge in [-0.15, -0.1) is 11.3 Å². The number of carbonyl (C=O) groups excluding carboxylic acids is 1. The first-order valence-electron chi connectivity index (χ1n) is 6.63. The number of carbonyl (C=O) groups is 1. The van der Waals surface area contributed by atoms with Crippen LogP contribution in [0.5, 0.6) is 0 Å². The molecule has 0 radical (unpaired) electrons. The van der Waals surface area contributed by atoms with Gasteiger partial charge < -0.3 is 5.32 Å². The molecule has 0 aliphatic heterocycles. The first kappa shape index (κ1) is 14.9. The van der Waals surface area contributed by atoms with Crippen LogP contribution in [-0.4, -0.2) is 27.2 Å². The molecule has 0 saturated heterocycles. The third-order valence-electron chi connectivity index (χ3n) is 3.04. The van der Waals surface area contributed by atoms with E-state index in [9.17, 15) is 4.79 Å². The van der Waals surface area contributed by atoms with E-state index in [-0.39, 0.29) is 11.9 Å². The molecule has 0 saturated carbocycles. The Balaban J connectivity index is 2.22. The molecule has 7 heteroatoms. The third kappa shape index (κ3) is 3.16. The van der Waals surface area contributed by atoms with E-state index >= 15 is 0 Å². The molecule has 2 rings (SSSR count). The summed E-state index contributed by atoms with van der Waals surface area (Å²) in [4.78, 5) is 13.2. The van der Waals surface area contributed by atoms with Crippen LogP contribution in [0, 0.1) is 4.77 Å². The van der Waals surface area contributed by atoms with E-state index in [0.29, 0.717) is 17.1 Å². The van der Waals surface area contributed by atoms with Crippen molar-refractivity contribution in [2.75, 3.05) is 6.54 Å². The minimum atomic E-state index is -0.379. The van der Waals surface area contributed by atoms with Crippen LogP contribution < -0.4 is 5.32 Å². The highest BCUT2D eigenvalue weighted by molar-refractivity contribution is 7.71. The third-order valence-corrected chi connectivity index (χ3v) is 4.20. The lowest BCUT2D eigenvalue weighted by molar-refractivity contribution is -0.123. The smallest absolute Gasteiger partial charge is 0.242 e. The summed E-state index contributed by atoms with van der Waals surface area (Å²) in [6.07, 6.45) is 2.03. The fraction of sp³-hybridized carbons (Fsp3) is 0.462. The molecule has 1 unspecified atom stereocenters. The van der Waals surface area contributed by atoms with Gasteiger partial charge in [0.05, 0.1) is 4.88 Å². The number of hydrogen-bond acceptors (Lipinski definition) is 4. The molecule has 2 aromatic heterocycles. The van der Waals surface area contributed by atoms with Gasteiger partial charge in [0, 0.05) is 6.54 Å². The summed E-state index contributed by atoms with van der Waals surface area (Å²) in [5, 5.41) is 11.9. The van der Waals surface area contributed by atoms with Gasteiger partial charge in [0.2, 0.25) is 5.91 Å². The van der Waals surface area contributed by atoms with Crippen molar-refractivity contribution in [3.63, 3.8) is 0 Å². The SMILES string of the molecule is CCCCNC(=O)C(C)n1c(-c2cccs2)n[nH]c1=S. The standard InChI is InChI=1S/C13H18N4OS2/c1-3-4-7-14-12(18)9(2)17-11(15-16-13(17)19)10-6-5-8-20-10/h5-6,8-9H,3-4,7H2,1-2H3,(H,14,18)(H,16,19). The minimum Gasteiger partial charge on any atom is -0.354 e. The Bertz CT molecular complexity index is 615. The molecule has 2 N–H and O–H groups in total. The van der Waals surface area contributed by atoms with Crippen LogP contribution in [0.1, 0.15) is 32.7 Å². The number of nitrogens with one attached hydrogen (secondary N) is 2. The molecule has 1 atom stereocenters. The quantitative estimate of drug-likeness (QED) is 0.636. The number of H-pyrrole nitrogens is 1. The van der Waals surface area contributed by atoms with Crippen LogP contribution in [0.15, 0.2) is 17.5 Å². The summed E-state index contributed by atoms with van der Waals surface area (Å²) in [6, 6.07) is 3.54. The monoisotopic (exact) mass is 310 g/mol. The van der Waals surface area contributed by atoms with Crippen molar-refractivity contribution in [1.82, 2.24) is 20.1 Å². The summed E-state index contributed by atoms with van der Waals surface area (Å²) in [6.45, 7) is 4.62. The van der Waals surface area contributed by atoms with Gasteiger partial charge in [-0.2, -0.15) is 5.10 Å². The first-order chi connectivity index (χ1) is 9.65. The maximum Gasteiger partial charge on any atom is 0.242 e. The Morgan fingerprint density at radius 3 is 3.10 bits per heavy atom. The summed E-state index contributed by atoms with van der Waals surface area (Å²) in [5.41, 5.74) is 0. The highest BCUT2D eigenvalue weighted by atomic mass is 32.1. The van der Waals surface area contributed by atoms with Crippen LogP contribution >= 0.6 is 23.6 Å². The van der Waals surface area contributed by atoms with Gasteiger partial charge in [-0.05, 0) is 37.0 Å². The number of thiophene rings is 1. The van der Waals surface area contributed by atoms with Gasteiger partial charge in [0.1, 0.15) is 6.04 Å². The van der Waals surface area contributed by atoms with Gasteiger partial charge in [-0.1, -0.05) is 19.4 Å². The van der Waals surface area contributed by atoms with Gasteiger partial charge in [0.25, 0.3) is 0 Å². The fourth-order valence-electron chi connectivity index (χ4n) is 1.90. The van der Waals surface area contributed by atoms with Crippen LogP contribution in [0.3, 0.4) is 0 Å². The van der Waals surface area contributed by atoms with E-state index in [2.05, 4.69) is 22.4 Å². The number of aromatic amines is 1. The lowest BCUT2D eigenvalue weighted by atomic mass is 10.2. The second-order valence-corrected chi connectivity index (χ2v) is 5.85. The number of unbranched alkanes of at least 4 members (excludes halogenated alkanes) is 1. The van der Waals surface area contributed by atoms with Crippen molar-refractivity contribution in [1.29, 1.82) is 0 Å². The zero-order valence-corrected chi connectivity index (χ0v) is 13.2. The second kappa shape index (κ2) is 6.81. The van der Waals surface area contributed by atoms with E-state index in [0.717, 1.165) is 17.7 Å². The minimum absolute atomic E-state index is 0.0336. The molecule has 0 bridgehead atoms. The van der Waals surface area contributed by atoms with Crippen LogP contribution in [0.25, 0.3) is 10.7 Å². The van der Waals surface area contributed by atoms with E-state index in [4.69, 9.17) is 12.2 Å². The van der Waals surface area contributed by atoms with Crippen LogP contribution in [0.4, 0.5) is 0 Å². The summed E-state index contributed by atoms with van der Waals surface area (Å²) >= 11 is 6.82. The van der Waals surface area contributed by atoms with Crippen LogP contribution in [-0.2, 0) is 4.79 Å². The molecule has 0 aliphatic carbocycles. The second-order valence-electron chi connectivity index (χ2n) is 4.52. The highest BCUT2D eigenvalue weighted by Crippen LogP contribution is 2.25. The molecule has 0 aliphatic rings. The Kier molecular flexibility index (Phi) is 5.08. The van der Waals surface area contributed by atoms with Crippen molar-refractivity contribution < 1.29 is 4.79 Å². The lowest BCUT2D eigenvalue weighted by Gasteiger charge is -2.15. The number of rotatable bonds is 6. The Morgan fingerprint density at radius 2 is 2.45 bits per heavy atom. The summed E-state index contributed by atoms with van der Waals surface area (Å²) < 4.78 is 2.23. The first-order valence-corrected chi connectivity index (χ1v) is 7.92. The van der Waals surface area contributed by atoms with Crippen molar-refractivity contribution in [2.45, 2.75) is 32.7 Å². The van der Waals surface area contributed by atoms with E-state index in [1.807, 2.05) is 24.4 Å². The number of aromatic nitrogens is 3. The maximum absolute atomic E-state index is 12.2. The molecule has 20 heavy (non-hydrogen) atoms. The fourth-order valence-corrected chi connectivity index (χ4v) is 2.90. The molecule has 108 valence electrons. The Morgan fingerprint density at radius 1 is 1.65 bits per heavy atom. The van der Waals surface area contributed by atoms with E-state index < -0.39 is 0 Å². The Labute approximate surface area is 127 Å². The molecule has 0 spiro atoms. The molecular weight excluding hydrogens is 292 g/mol. The molecule has 5 nitrogen and oxygen atoms in total. The molecular formula is C13H18N4OS2. The van der Waals surface area contributed by atoms with Gasteiger partial charge in [-0.25, -0.2) is 0 Å². The van der Waals surface area contributed by atoms with Crippen molar-refractivity contribution >= 4 is 29.5 Å². The number of nitrogens with zero attached hydrogens (tertiary/aromatic N) is 2. The molecule has 0 aromatic carbocycles. The van der Waals surface area contributed by atoms with E-state index in [1.54, 1.807) is 15.9 Å². The molecule has 2 aromatic rings. The van der Waals surface area contributed by atoms with Crippen molar-refractivity contribution in [3.05, 3.63) is 22.3 Å². The summed E-state index contributed by atoms with van der Waals surface area (Å²) in [5.74, 6) is 0.678. The average Bonchev–Trinajstić information content (AvgIpc) is 3.07. The summed E-state index contributed by atoms with van der Waals surface area (Å²) in [7, 11) is 0. The van der Waals surface area contributed by atoms with Gasteiger partial charge in [0.15, 0.2) is 10.6 Å². The Hall–Kier alpha value is -1.47. The normalized spacial score (nSPS) is 12.3. The maximum atomic E-state index is 12.2. The van der Waals surface area contributed by atoms with Gasteiger partial charge >= 0.3 is 0 Å². The van der Waals surface area contributed by atoms with Crippen molar-refractivity contribution in [3.8, 4) is 10.7 Å². The predicted octanol–water partition coefficient (Wildman–Crippen LogP) is 3.15. The topological polar surface area (TPSA) is 62.7 Å². The van der Waals surface area contributed by atoms with E-state index in [1.165, 1.54) is 0 Å². The number of hydrogen-bond donors (Lipinski definition) is 2. The highest BCUT2D eigenvalue weighted by Gasteiger charge is 2.20. The van der Waals surface area contributed by atoms with Crippen LogP contribution in [0.2, 0.25) is 0 Å². The zero-order chi connectivity index (χ0) is 14.5. The van der Waals surface area contributed by atoms with Crippen molar-refractivity contribution in [2.24, 2.45) is 0 Å². The number of amides is 1. The zero-order valence-electron chi connectivity index (χ0n) is 11.5. The molecule has 2 heterocycles. The van der Waals surface area contributed by atoms with Gasteiger partial charge in [-0.3, -0.25) is 14.5 Å². The predicted molar refractivity (Wildman–Crippen MR) is 83.4 cm³/mol. The largest absolute Gasteiger partial charge is 0.354 e. The lowest BCUT2D eigenvalue weighted by Crippen LogP contribution is -2.32. The molecule has 1 amide bonds. The molecule has 0 fully saturated rings.